The van der Waals surface area contributed by atoms with Gasteiger partial charge in [0.1, 0.15) is 6.10 Å². The molecule has 2 amide bonds. The van der Waals surface area contributed by atoms with E-state index in [2.05, 4.69) is 15.5 Å². The highest BCUT2D eigenvalue weighted by Gasteiger charge is 2.38. The lowest BCUT2D eigenvalue weighted by Gasteiger charge is -2.35. The molecule has 0 radical (unpaired) electrons. The maximum Gasteiger partial charge on any atom is 0.506 e. The number of nitrogens with two attached hydrogens (primary N) is 1. The number of likely N-dealkylation sites (tertiary alicyclic amines) is 1. The summed E-state index contributed by atoms with van der Waals surface area (Å²) in [6.45, 7) is 9.82. The minimum atomic E-state index is -1.61. The standard InChI is InChI=1S/C36H54N4O12/c1-20-16-24-29(38-12-15-40-13-7-8-14-40)27(50-35(44)45)19-25(32(24)52-36(46)47)39-33(42)21(2)10-9-11-26(48-5)31(51-34(37)43)23(4)18-22(3)30(41)28(17-20)49-6/h9-11,18-20,22,26-28,30-32,38,41H,7-8,12-17H2,1-6H3,(H2,37,43)(H,39,42)(H,44,45)(H,46,47)/b11-9-,21-10+,23-18+/t20-,22+,26+,27?,28+,30-,31+,32?/m1/s1. The van der Waals surface area contributed by atoms with E-state index in [0.29, 0.717) is 29.9 Å². The first-order chi connectivity index (χ1) is 24.6. The van der Waals surface area contributed by atoms with Crippen molar-refractivity contribution in [2.75, 3.05) is 40.4 Å². The molecule has 0 aromatic rings. The molecule has 1 aliphatic carbocycles. The molecule has 0 aromatic heterocycles. The maximum absolute atomic E-state index is 13.5. The molecule has 1 saturated heterocycles. The number of amides is 2. The molecule has 2 unspecified atom stereocenters. The summed E-state index contributed by atoms with van der Waals surface area (Å²) in [6, 6.07) is 0. The average Bonchev–Trinajstić information content (AvgIpc) is 3.59. The highest BCUT2D eigenvalue weighted by atomic mass is 16.7. The minimum Gasteiger partial charge on any atom is -0.450 e. The van der Waals surface area contributed by atoms with Crippen LogP contribution < -0.4 is 16.4 Å². The molecular formula is C36H54N4O12. The number of rotatable bonds is 9. The van der Waals surface area contributed by atoms with Gasteiger partial charge < -0.3 is 60.3 Å². The van der Waals surface area contributed by atoms with Crippen LogP contribution in [-0.2, 0) is 28.5 Å². The van der Waals surface area contributed by atoms with Crippen LogP contribution in [0.1, 0.15) is 53.4 Å². The first-order valence-corrected chi connectivity index (χ1v) is 17.4. The van der Waals surface area contributed by atoms with Crippen molar-refractivity contribution >= 4 is 24.3 Å². The van der Waals surface area contributed by atoms with Gasteiger partial charge in [-0.1, -0.05) is 38.2 Å². The van der Waals surface area contributed by atoms with E-state index in [9.17, 15) is 34.5 Å². The number of carboxylic acid groups (broad SMARTS) is 2. The minimum absolute atomic E-state index is 0.0259. The van der Waals surface area contributed by atoms with Crippen LogP contribution in [0, 0.1) is 11.8 Å². The molecule has 2 aliphatic heterocycles. The predicted molar refractivity (Wildman–Crippen MR) is 189 cm³/mol. The number of nitrogens with one attached hydrogen (secondary N) is 2. The van der Waals surface area contributed by atoms with Crippen LogP contribution in [0.15, 0.2) is 58.5 Å². The normalized spacial score (nSPS) is 32.3. The van der Waals surface area contributed by atoms with Gasteiger partial charge in [-0.3, -0.25) is 4.79 Å². The zero-order valence-corrected chi connectivity index (χ0v) is 30.7. The SMILES string of the molecule is CO[C@H]1/C=C\C=C(/C)C(=O)NC2=CC(OC(=O)O)C(NCCN3CCCC3)=C(C[C@@H](C)C[C@H](OC)[C@H](O)[C@@H](C)/C=C(\C)[C@@H]1OC(N)=O)C2OC(=O)O. The van der Waals surface area contributed by atoms with Gasteiger partial charge in [0.05, 0.1) is 23.6 Å². The Labute approximate surface area is 304 Å². The lowest BCUT2D eigenvalue weighted by molar-refractivity contribution is -0.117. The second kappa shape index (κ2) is 20.0. The highest BCUT2D eigenvalue weighted by molar-refractivity contribution is 5.94. The zero-order valence-electron chi connectivity index (χ0n) is 30.7. The molecule has 2 heterocycles. The van der Waals surface area contributed by atoms with Gasteiger partial charge in [0.2, 0.25) is 0 Å². The van der Waals surface area contributed by atoms with E-state index in [-0.39, 0.29) is 30.0 Å². The molecule has 2 bridgehead atoms. The van der Waals surface area contributed by atoms with Crippen molar-refractivity contribution in [3.63, 3.8) is 0 Å². The number of carbonyl (C=O) groups excluding carboxylic acids is 2. The summed E-state index contributed by atoms with van der Waals surface area (Å²) in [6.07, 6.45) is -0.154. The molecule has 52 heavy (non-hydrogen) atoms. The molecule has 3 aliphatic rings. The molecule has 7 N–H and O–H groups in total. The topological polar surface area (TPSA) is 228 Å². The number of ether oxygens (including phenoxy) is 5. The predicted octanol–water partition coefficient (Wildman–Crippen LogP) is 3.44. The number of hydrogen-bond donors (Lipinski definition) is 6. The van der Waals surface area contributed by atoms with E-state index in [1.165, 1.54) is 39.4 Å². The third-order valence-corrected chi connectivity index (χ3v) is 9.43. The Bertz CT molecular complexity index is 1430. The van der Waals surface area contributed by atoms with Crippen LogP contribution in [0.25, 0.3) is 0 Å². The summed E-state index contributed by atoms with van der Waals surface area (Å²) in [4.78, 5) is 51.7. The van der Waals surface area contributed by atoms with Gasteiger partial charge >= 0.3 is 18.4 Å². The van der Waals surface area contributed by atoms with Gasteiger partial charge in [0, 0.05) is 38.8 Å². The molecular weight excluding hydrogens is 680 g/mol. The van der Waals surface area contributed by atoms with E-state index in [0.717, 1.165) is 25.9 Å². The Balaban J connectivity index is 2.17. The van der Waals surface area contributed by atoms with E-state index in [1.54, 1.807) is 26.0 Å². The van der Waals surface area contributed by atoms with Crippen LogP contribution in [-0.4, -0.2) is 122 Å². The quantitative estimate of drug-likeness (QED) is 0.113. The van der Waals surface area contributed by atoms with Crippen LogP contribution in [0.4, 0.5) is 14.4 Å². The Morgan fingerprint density at radius 1 is 1.02 bits per heavy atom. The van der Waals surface area contributed by atoms with Gasteiger partial charge in [0.25, 0.3) is 5.91 Å². The van der Waals surface area contributed by atoms with Crippen molar-refractivity contribution in [3.05, 3.63) is 58.5 Å². The van der Waals surface area contributed by atoms with Gasteiger partial charge in [-0.15, -0.1) is 0 Å². The number of carbonyl (C=O) groups is 4. The molecule has 16 heteroatoms. The Morgan fingerprint density at radius 2 is 1.69 bits per heavy atom. The smallest absolute Gasteiger partial charge is 0.450 e. The van der Waals surface area contributed by atoms with Crippen molar-refractivity contribution in [2.24, 2.45) is 17.6 Å². The summed E-state index contributed by atoms with van der Waals surface area (Å²) in [5.74, 6) is -1.45. The van der Waals surface area contributed by atoms with E-state index >= 15 is 0 Å². The van der Waals surface area contributed by atoms with Crippen LogP contribution in [0.3, 0.4) is 0 Å². The number of hydrogen-bond acceptors (Lipinski definition) is 12. The second-order valence-corrected chi connectivity index (χ2v) is 13.4. The van der Waals surface area contributed by atoms with E-state index in [4.69, 9.17) is 29.4 Å². The van der Waals surface area contributed by atoms with Gasteiger partial charge in [-0.05, 0) is 75.8 Å². The van der Waals surface area contributed by atoms with Gasteiger partial charge in [-0.25, -0.2) is 14.4 Å². The summed E-state index contributed by atoms with van der Waals surface area (Å²) in [5.41, 5.74) is 6.77. The molecule has 0 saturated carbocycles. The number of nitrogens with zero attached hydrogens (tertiary/aromatic N) is 1. The van der Waals surface area contributed by atoms with Crippen LogP contribution in [0.5, 0.6) is 0 Å². The lowest BCUT2D eigenvalue weighted by Crippen LogP contribution is -2.44. The van der Waals surface area contributed by atoms with Crippen LogP contribution in [0.2, 0.25) is 0 Å². The van der Waals surface area contributed by atoms with E-state index < -0.39 is 66.9 Å². The van der Waals surface area contributed by atoms with Crippen molar-refractivity contribution in [3.8, 4) is 0 Å². The average molecular weight is 735 g/mol. The number of primary amides is 1. The number of fused-ring (bicyclic) bond motifs is 2. The Hall–Kier alpha value is -4.38. The first-order valence-electron chi connectivity index (χ1n) is 17.4. The van der Waals surface area contributed by atoms with Gasteiger partial charge in [-0.2, -0.15) is 0 Å². The fourth-order valence-corrected chi connectivity index (χ4v) is 6.81. The summed E-state index contributed by atoms with van der Waals surface area (Å²) < 4.78 is 27.5. The number of methoxy groups -OCH3 is 2. The fourth-order valence-electron chi connectivity index (χ4n) is 6.81. The Morgan fingerprint density at radius 3 is 2.29 bits per heavy atom. The largest absolute Gasteiger partial charge is 0.506 e. The maximum atomic E-state index is 13.5. The highest BCUT2D eigenvalue weighted by Crippen LogP contribution is 2.34. The first kappa shape index (κ1) is 42.0. The van der Waals surface area contributed by atoms with Crippen molar-refractivity contribution in [1.29, 1.82) is 0 Å². The van der Waals surface area contributed by atoms with Crippen molar-refractivity contribution in [1.82, 2.24) is 15.5 Å². The Kier molecular flexibility index (Phi) is 16.2. The van der Waals surface area contributed by atoms with Crippen molar-refractivity contribution < 1.29 is 58.2 Å². The molecule has 0 aromatic carbocycles. The fraction of sp³-hybridized carbons (Fsp3) is 0.611. The van der Waals surface area contributed by atoms with Gasteiger partial charge in [0.15, 0.2) is 18.3 Å². The van der Waals surface area contributed by atoms with Crippen molar-refractivity contribution in [2.45, 2.75) is 90.0 Å². The van der Waals surface area contributed by atoms with E-state index in [1.807, 2.05) is 6.92 Å². The summed E-state index contributed by atoms with van der Waals surface area (Å²) in [5, 5.41) is 37.1. The molecule has 0 spiro atoms. The molecule has 3 rings (SSSR count). The number of aliphatic hydroxyl groups excluding tert-OH is 1. The molecule has 16 nitrogen and oxygen atoms in total. The summed E-state index contributed by atoms with van der Waals surface area (Å²) in [7, 11) is 2.88. The third kappa shape index (κ3) is 12.1. The molecule has 8 atom stereocenters. The lowest BCUT2D eigenvalue weighted by atomic mass is 9.84. The number of aliphatic hydroxyl groups is 1. The summed E-state index contributed by atoms with van der Waals surface area (Å²) >= 11 is 0. The van der Waals surface area contributed by atoms with Crippen LogP contribution >= 0.6 is 0 Å². The second-order valence-electron chi connectivity index (χ2n) is 13.4. The third-order valence-electron chi connectivity index (χ3n) is 9.43. The monoisotopic (exact) mass is 734 g/mol. The number of allylic oxidation sites excluding steroid dienone is 2. The zero-order chi connectivity index (χ0) is 38.5. The molecule has 1 fully saturated rings. The molecule has 290 valence electrons.